The Morgan fingerprint density at radius 2 is 2.11 bits per heavy atom. The molecule has 1 aliphatic rings. The van der Waals surface area contributed by atoms with E-state index in [4.69, 9.17) is 5.11 Å². The first-order chi connectivity index (χ1) is 8.41. The fourth-order valence-corrected chi connectivity index (χ4v) is 2.31. The maximum atomic E-state index is 12.9. The van der Waals surface area contributed by atoms with E-state index in [0.29, 0.717) is 13.0 Å². The highest BCUT2D eigenvalue weighted by molar-refractivity contribution is 5.90. The van der Waals surface area contributed by atoms with Crippen molar-refractivity contribution in [3.8, 4) is 0 Å². The summed E-state index contributed by atoms with van der Waals surface area (Å²) in [5.74, 6) is -1.33. The average Bonchev–Trinajstić information content (AvgIpc) is 2.79. The van der Waals surface area contributed by atoms with E-state index in [0.717, 1.165) is 18.6 Å². The van der Waals surface area contributed by atoms with Gasteiger partial charge in [-0.25, -0.2) is 4.79 Å². The van der Waals surface area contributed by atoms with E-state index in [-0.39, 0.29) is 11.1 Å². The molecule has 0 aliphatic carbocycles. The first-order valence-corrected chi connectivity index (χ1v) is 5.58. The van der Waals surface area contributed by atoms with Crippen molar-refractivity contribution in [2.24, 2.45) is 0 Å². The smallest absolute Gasteiger partial charge is 0.416 e. The fraction of sp³-hybridized carbons (Fsp3) is 0.417. The Bertz CT molecular complexity index is 465. The molecular weight excluding hydrogens is 247 g/mol. The highest BCUT2D eigenvalue weighted by atomic mass is 19.4. The van der Waals surface area contributed by atoms with E-state index in [9.17, 15) is 18.0 Å². The number of alkyl halides is 3. The SMILES string of the molecule is O=C(O)c1cccc(C(F)(F)F)c1[C@H]1CCCN1. The van der Waals surface area contributed by atoms with Gasteiger partial charge in [0.25, 0.3) is 0 Å². The van der Waals surface area contributed by atoms with Gasteiger partial charge in [0.05, 0.1) is 11.1 Å². The third-order valence-electron chi connectivity index (χ3n) is 3.05. The van der Waals surface area contributed by atoms with E-state index < -0.39 is 23.8 Å². The van der Waals surface area contributed by atoms with Gasteiger partial charge in [-0.2, -0.15) is 13.2 Å². The van der Waals surface area contributed by atoms with Gasteiger partial charge < -0.3 is 10.4 Å². The Morgan fingerprint density at radius 3 is 2.61 bits per heavy atom. The number of rotatable bonds is 2. The number of carboxylic acid groups (broad SMARTS) is 1. The number of nitrogens with one attached hydrogen (secondary N) is 1. The molecule has 1 atom stereocenters. The molecular formula is C12H12F3NO2. The van der Waals surface area contributed by atoms with Crippen molar-refractivity contribution in [1.29, 1.82) is 0 Å². The number of hydrogen-bond acceptors (Lipinski definition) is 2. The largest absolute Gasteiger partial charge is 0.478 e. The molecule has 0 amide bonds. The Morgan fingerprint density at radius 1 is 1.39 bits per heavy atom. The highest BCUT2D eigenvalue weighted by Gasteiger charge is 2.38. The molecule has 2 rings (SSSR count). The van der Waals surface area contributed by atoms with E-state index in [1.54, 1.807) is 0 Å². The van der Waals surface area contributed by atoms with Crippen LogP contribution in [0.1, 0.15) is 40.4 Å². The first kappa shape index (κ1) is 12.9. The van der Waals surface area contributed by atoms with Crippen LogP contribution < -0.4 is 5.32 Å². The minimum atomic E-state index is -4.54. The lowest BCUT2D eigenvalue weighted by atomic mass is 9.93. The molecule has 1 aromatic rings. The van der Waals surface area contributed by atoms with Crippen LogP contribution in [-0.4, -0.2) is 17.6 Å². The monoisotopic (exact) mass is 259 g/mol. The van der Waals surface area contributed by atoms with E-state index in [1.807, 2.05) is 0 Å². The molecule has 98 valence electrons. The van der Waals surface area contributed by atoms with Crippen LogP contribution in [0.5, 0.6) is 0 Å². The summed E-state index contributed by atoms with van der Waals surface area (Å²) in [6.07, 6.45) is -3.27. The standard InChI is InChI=1S/C12H12F3NO2/c13-12(14,15)8-4-1-3-7(11(17)18)10(8)9-5-2-6-16-9/h1,3-4,9,16H,2,5-6H2,(H,17,18)/t9-/m1/s1. The molecule has 1 aliphatic heterocycles. The molecule has 0 saturated carbocycles. The molecule has 0 aromatic heterocycles. The minimum Gasteiger partial charge on any atom is -0.478 e. The van der Waals surface area contributed by atoms with Crippen LogP contribution in [0.3, 0.4) is 0 Å². The summed E-state index contributed by atoms with van der Waals surface area (Å²) < 4.78 is 38.8. The Kier molecular flexibility index (Phi) is 3.30. The van der Waals surface area contributed by atoms with Gasteiger partial charge in [-0.05, 0) is 37.1 Å². The molecule has 6 heteroatoms. The van der Waals surface area contributed by atoms with E-state index in [2.05, 4.69) is 5.32 Å². The molecule has 0 radical (unpaired) electrons. The molecule has 1 fully saturated rings. The average molecular weight is 259 g/mol. The zero-order valence-corrected chi connectivity index (χ0v) is 9.42. The lowest BCUT2D eigenvalue weighted by molar-refractivity contribution is -0.138. The maximum absolute atomic E-state index is 12.9. The van der Waals surface area contributed by atoms with Gasteiger partial charge in [0.1, 0.15) is 0 Å². The summed E-state index contributed by atoms with van der Waals surface area (Å²) in [7, 11) is 0. The first-order valence-electron chi connectivity index (χ1n) is 5.58. The van der Waals surface area contributed by atoms with Gasteiger partial charge in [-0.3, -0.25) is 0 Å². The normalized spacial score (nSPS) is 20.1. The Balaban J connectivity index is 2.59. The van der Waals surface area contributed by atoms with E-state index >= 15 is 0 Å². The van der Waals surface area contributed by atoms with Crippen LogP contribution >= 0.6 is 0 Å². The van der Waals surface area contributed by atoms with Crippen LogP contribution in [0.4, 0.5) is 13.2 Å². The maximum Gasteiger partial charge on any atom is 0.416 e. The summed E-state index contributed by atoms with van der Waals surface area (Å²) in [5.41, 5.74) is -1.28. The van der Waals surface area contributed by atoms with Crippen molar-refractivity contribution in [2.75, 3.05) is 6.54 Å². The van der Waals surface area contributed by atoms with Crippen LogP contribution in [-0.2, 0) is 6.18 Å². The van der Waals surface area contributed by atoms with Crippen molar-refractivity contribution in [1.82, 2.24) is 5.32 Å². The van der Waals surface area contributed by atoms with Gasteiger partial charge in [0.15, 0.2) is 0 Å². The van der Waals surface area contributed by atoms with Gasteiger partial charge in [-0.1, -0.05) is 6.07 Å². The van der Waals surface area contributed by atoms with Gasteiger partial charge >= 0.3 is 12.1 Å². The second kappa shape index (κ2) is 4.61. The number of carboxylic acids is 1. The summed E-state index contributed by atoms with van der Waals surface area (Å²) in [5, 5.41) is 11.9. The lowest BCUT2D eigenvalue weighted by Crippen LogP contribution is -2.22. The molecule has 3 nitrogen and oxygen atoms in total. The highest BCUT2D eigenvalue weighted by Crippen LogP contribution is 2.38. The molecule has 1 heterocycles. The molecule has 2 N–H and O–H groups in total. The lowest BCUT2D eigenvalue weighted by Gasteiger charge is -2.20. The Hall–Kier alpha value is -1.56. The summed E-state index contributed by atoms with van der Waals surface area (Å²) in [6.45, 7) is 0.607. The quantitative estimate of drug-likeness (QED) is 0.858. The predicted octanol–water partition coefficient (Wildman–Crippen LogP) is 2.83. The number of halogens is 3. The van der Waals surface area contributed by atoms with Crippen LogP contribution in [0.15, 0.2) is 18.2 Å². The minimum absolute atomic E-state index is 0.144. The van der Waals surface area contributed by atoms with Crippen molar-refractivity contribution < 1.29 is 23.1 Å². The van der Waals surface area contributed by atoms with Crippen LogP contribution in [0.2, 0.25) is 0 Å². The van der Waals surface area contributed by atoms with Gasteiger partial charge in [0, 0.05) is 6.04 Å². The molecule has 1 saturated heterocycles. The fourth-order valence-electron chi connectivity index (χ4n) is 2.31. The number of hydrogen-bond donors (Lipinski definition) is 2. The van der Waals surface area contributed by atoms with Gasteiger partial charge in [-0.15, -0.1) is 0 Å². The molecule has 18 heavy (non-hydrogen) atoms. The van der Waals surface area contributed by atoms with Crippen LogP contribution in [0.25, 0.3) is 0 Å². The summed E-state index contributed by atoms with van der Waals surface area (Å²) in [4.78, 5) is 11.1. The van der Waals surface area contributed by atoms with Gasteiger partial charge in [0.2, 0.25) is 0 Å². The number of benzene rings is 1. The molecule has 1 aromatic carbocycles. The summed E-state index contributed by atoms with van der Waals surface area (Å²) in [6, 6.07) is 2.74. The number of aromatic carboxylic acids is 1. The predicted molar refractivity (Wildman–Crippen MR) is 58.4 cm³/mol. The third kappa shape index (κ3) is 2.33. The number of carbonyl (C=O) groups is 1. The summed E-state index contributed by atoms with van der Waals surface area (Å²) >= 11 is 0. The second-order valence-electron chi connectivity index (χ2n) is 4.22. The second-order valence-corrected chi connectivity index (χ2v) is 4.22. The van der Waals surface area contributed by atoms with Crippen LogP contribution in [0, 0.1) is 0 Å². The van der Waals surface area contributed by atoms with Crippen molar-refractivity contribution in [2.45, 2.75) is 25.1 Å². The zero-order valence-electron chi connectivity index (χ0n) is 9.42. The topological polar surface area (TPSA) is 49.3 Å². The van der Waals surface area contributed by atoms with Crippen molar-refractivity contribution in [3.05, 3.63) is 34.9 Å². The Labute approximate surface area is 102 Å². The van der Waals surface area contributed by atoms with Crippen molar-refractivity contribution in [3.63, 3.8) is 0 Å². The molecule has 0 spiro atoms. The third-order valence-corrected chi connectivity index (χ3v) is 3.05. The molecule has 0 unspecified atom stereocenters. The van der Waals surface area contributed by atoms with Crippen molar-refractivity contribution >= 4 is 5.97 Å². The van der Waals surface area contributed by atoms with E-state index in [1.165, 1.54) is 6.07 Å². The zero-order chi connectivity index (χ0) is 13.3. The molecule has 0 bridgehead atoms.